The highest BCUT2D eigenvalue weighted by Crippen LogP contribution is 2.22. The molecule has 0 spiro atoms. The highest BCUT2D eigenvalue weighted by Gasteiger charge is 2.11. The van der Waals surface area contributed by atoms with Gasteiger partial charge in [-0.2, -0.15) is 0 Å². The first kappa shape index (κ1) is 20.8. The van der Waals surface area contributed by atoms with Crippen LogP contribution in [-0.2, 0) is 13.0 Å². The standard InChI is InChI=1S/C24H29N3O2/c1-17(2)16-18-8-10-19(11-9-18)23(28)25-22-7-5-6-21-20(22)12-13-27(24(21)29)15-14-26(3)4/h5-13,17H,14-16H2,1-4H3,(H,25,28). The average molecular weight is 392 g/mol. The maximum atomic E-state index is 12.8. The summed E-state index contributed by atoms with van der Waals surface area (Å²) in [7, 11) is 3.96. The summed E-state index contributed by atoms with van der Waals surface area (Å²) in [5.41, 5.74) is 2.43. The second kappa shape index (κ2) is 9.05. The molecule has 0 unspecified atom stereocenters. The van der Waals surface area contributed by atoms with E-state index in [1.807, 2.05) is 55.4 Å². The van der Waals surface area contributed by atoms with Gasteiger partial charge in [0.05, 0.1) is 0 Å². The van der Waals surface area contributed by atoms with Crippen molar-refractivity contribution in [2.45, 2.75) is 26.8 Å². The van der Waals surface area contributed by atoms with Crippen molar-refractivity contribution in [1.29, 1.82) is 0 Å². The van der Waals surface area contributed by atoms with Crippen LogP contribution in [0, 0.1) is 5.92 Å². The molecule has 0 saturated carbocycles. The van der Waals surface area contributed by atoms with Gasteiger partial charge in [-0.05, 0) is 62.3 Å². The van der Waals surface area contributed by atoms with Crippen LogP contribution in [0.5, 0.6) is 0 Å². The largest absolute Gasteiger partial charge is 0.321 e. The molecular weight excluding hydrogens is 362 g/mol. The van der Waals surface area contributed by atoms with Crippen molar-refractivity contribution in [1.82, 2.24) is 9.47 Å². The fourth-order valence-electron chi connectivity index (χ4n) is 3.37. The Labute approximate surface area is 172 Å². The molecule has 3 rings (SSSR count). The Morgan fingerprint density at radius 3 is 2.41 bits per heavy atom. The van der Waals surface area contributed by atoms with Crippen LogP contribution in [0.25, 0.3) is 10.8 Å². The molecule has 0 aliphatic rings. The van der Waals surface area contributed by atoms with E-state index in [1.54, 1.807) is 22.9 Å². The summed E-state index contributed by atoms with van der Waals surface area (Å²) in [5.74, 6) is 0.400. The molecule has 1 N–H and O–H groups in total. The van der Waals surface area contributed by atoms with Crippen molar-refractivity contribution < 1.29 is 4.79 Å². The summed E-state index contributed by atoms with van der Waals surface area (Å²) in [6.07, 6.45) is 2.79. The van der Waals surface area contributed by atoms with E-state index in [0.29, 0.717) is 29.1 Å². The summed E-state index contributed by atoms with van der Waals surface area (Å²) in [5, 5.41) is 4.32. The molecule has 3 aromatic rings. The SMILES string of the molecule is CC(C)Cc1ccc(C(=O)Nc2cccc3c(=O)n(CCN(C)C)ccc23)cc1. The van der Waals surface area contributed by atoms with E-state index in [-0.39, 0.29) is 11.5 Å². The molecule has 0 radical (unpaired) electrons. The van der Waals surface area contributed by atoms with Gasteiger partial charge in [-0.15, -0.1) is 0 Å². The first-order chi connectivity index (χ1) is 13.8. The number of nitrogens with one attached hydrogen (secondary N) is 1. The molecule has 1 amide bonds. The lowest BCUT2D eigenvalue weighted by molar-refractivity contribution is 0.102. The monoisotopic (exact) mass is 391 g/mol. The van der Waals surface area contributed by atoms with Crippen molar-refractivity contribution >= 4 is 22.4 Å². The normalized spacial score (nSPS) is 11.4. The number of benzene rings is 2. The first-order valence-electron chi connectivity index (χ1n) is 10.0. The first-order valence-corrected chi connectivity index (χ1v) is 10.0. The predicted molar refractivity (Wildman–Crippen MR) is 120 cm³/mol. The lowest BCUT2D eigenvalue weighted by Gasteiger charge is -2.13. The van der Waals surface area contributed by atoms with Gasteiger partial charge < -0.3 is 14.8 Å². The van der Waals surface area contributed by atoms with E-state index in [1.165, 1.54) is 5.56 Å². The van der Waals surface area contributed by atoms with Crippen LogP contribution in [0.3, 0.4) is 0 Å². The number of hydrogen-bond donors (Lipinski definition) is 1. The van der Waals surface area contributed by atoms with Gasteiger partial charge in [0.25, 0.3) is 11.5 Å². The molecular formula is C24H29N3O2. The van der Waals surface area contributed by atoms with E-state index >= 15 is 0 Å². The molecule has 2 aromatic carbocycles. The Kier molecular flexibility index (Phi) is 6.49. The maximum Gasteiger partial charge on any atom is 0.258 e. The summed E-state index contributed by atoms with van der Waals surface area (Å²) in [4.78, 5) is 27.6. The Morgan fingerprint density at radius 2 is 1.76 bits per heavy atom. The quantitative estimate of drug-likeness (QED) is 0.662. The molecule has 0 saturated heterocycles. The number of pyridine rings is 1. The zero-order valence-electron chi connectivity index (χ0n) is 17.6. The fourth-order valence-corrected chi connectivity index (χ4v) is 3.37. The number of amides is 1. The molecule has 0 aliphatic heterocycles. The van der Waals surface area contributed by atoms with Crippen LogP contribution in [0.1, 0.15) is 29.8 Å². The van der Waals surface area contributed by atoms with Crippen LogP contribution < -0.4 is 10.9 Å². The third-order valence-corrected chi connectivity index (χ3v) is 4.91. The number of fused-ring (bicyclic) bond motifs is 1. The Balaban J connectivity index is 1.83. The van der Waals surface area contributed by atoms with Crippen molar-refractivity contribution in [3.8, 4) is 0 Å². The minimum absolute atomic E-state index is 0.0431. The number of anilines is 1. The zero-order valence-corrected chi connectivity index (χ0v) is 17.6. The summed E-state index contributed by atoms with van der Waals surface area (Å²) >= 11 is 0. The van der Waals surface area contributed by atoms with E-state index in [0.717, 1.165) is 18.4 Å². The van der Waals surface area contributed by atoms with Crippen molar-refractivity contribution in [2.24, 2.45) is 5.92 Å². The molecule has 1 heterocycles. The van der Waals surface area contributed by atoms with E-state index < -0.39 is 0 Å². The number of rotatable bonds is 7. The molecule has 0 fully saturated rings. The van der Waals surface area contributed by atoms with Gasteiger partial charge in [-0.1, -0.05) is 32.0 Å². The van der Waals surface area contributed by atoms with Crippen LogP contribution >= 0.6 is 0 Å². The number of aromatic nitrogens is 1. The predicted octanol–water partition coefficient (Wildman–Crippen LogP) is 4.01. The topological polar surface area (TPSA) is 54.3 Å². The second-order valence-corrected chi connectivity index (χ2v) is 8.13. The number of carbonyl (C=O) groups is 1. The highest BCUT2D eigenvalue weighted by molar-refractivity contribution is 6.09. The number of nitrogens with zero attached hydrogens (tertiary/aromatic N) is 2. The van der Waals surface area contributed by atoms with E-state index in [9.17, 15) is 9.59 Å². The molecule has 0 aliphatic carbocycles. The van der Waals surface area contributed by atoms with Gasteiger partial charge in [-0.3, -0.25) is 9.59 Å². The van der Waals surface area contributed by atoms with Gasteiger partial charge in [0.2, 0.25) is 0 Å². The number of hydrogen-bond acceptors (Lipinski definition) is 3. The molecule has 5 heteroatoms. The lowest BCUT2D eigenvalue weighted by Crippen LogP contribution is -2.26. The second-order valence-electron chi connectivity index (χ2n) is 8.13. The Bertz CT molecular complexity index is 1050. The van der Waals surface area contributed by atoms with Crippen molar-refractivity contribution in [2.75, 3.05) is 26.0 Å². The third kappa shape index (κ3) is 5.12. The minimum atomic E-state index is -0.176. The van der Waals surface area contributed by atoms with Gasteiger partial charge in [0, 0.05) is 41.3 Å². The van der Waals surface area contributed by atoms with E-state index in [4.69, 9.17) is 0 Å². The molecule has 0 bridgehead atoms. The minimum Gasteiger partial charge on any atom is -0.321 e. The van der Waals surface area contributed by atoms with Gasteiger partial charge in [-0.25, -0.2) is 0 Å². The van der Waals surface area contributed by atoms with Crippen molar-refractivity contribution in [3.63, 3.8) is 0 Å². The Hall–Kier alpha value is -2.92. The van der Waals surface area contributed by atoms with Crippen LogP contribution in [0.2, 0.25) is 0 Å². The van der Waals surface area contributed by atoms with Crippen LogP contribution in [-0.4, -0.2) is 36.0 Å². The van der Waals surface area contributed by atoms with Crippen molar-refractivity contribution in [3.05, 3.63) is 76.2 Å². The highest BCUT2D eigenvalue weighted by atomic mass is 16.1. The smallest absolute Gasteiger partial charge is 0.258 e. The lowest BCUT2D eigenvalue weighted by atomic mass is 10.0. The molecule has 5 nitrogen and oxygen atoms in total. The Morgan fingerprint density at radius 1 is 1.03 bits per heavy atom. The molecule has 1 aromatic heterocycles. The zero-order chi connectivity index (χ0) is 21.0. The van der Waals surface area contributed by atoms with Gasteiger partial charge in [0.15, 0.2) is 0 Å². The maximum absolute atomic E-state index is 12.8. The molecule has 0 atom stereocenters. The van der Waals surface area contributed by atoms with E-state index in [2.05, 4.69) is 19.2 Å². The van der Waals surface area contributed by atoms with Crippen LogP contribution in [0.15, 0.2) is 59.5 Å². The summed E-state index contributed by atoms with van der Waals surface area (Å²) in [6, 6.07) is 15.0. The summed E-state index contributed by atoms with van der Waals surface area (Å²) < 4.78 is 1.71. The summed E-state index contributed by atoms with van der Waals surface area (Å²) in [6.45, 7) is 5.76. The molecule has 29 heavy (non-hydrogen) atoms. The average Bonchev–Trinajstić information content (AvgIpc) is 2.68. The third-order valence-electron chi connectivity index (χ3n) is 4.91. The van der Waals surface area contributed by atoms with Gasteiger partial charge >= 0.3 is 0 Å². The number of carbonyl (C=O) groups excluding carboxylic acids is 1. The number of likely N-dealkylation sites (N-methyl/N-ethyl adjacent to an activating group) is 1. The van der Waals surface area contributed by atoms with Gasteiger partial charge in [0.1, 0.15) is 0 Å². The molecule has 152 valence electrons. The fraction of sp³-hybridized carbons (Fsp3) is 0.333. The van der Waals surface area contributed by atoms with Crippen LogP contribution in [0.4, 0.5) is 5.69 Å².